The molecule has 15 rings (SSSR count). The smallest absolute Gasteiger partial charge is 0.374 e. The minimum Gasteiger partial charge on any atom is -0.439 e. The minimum atomic E-state index is -4.16. The third-order valence-electron chi connectivity index (χ3n) is 24.0. The number of nitrogens with zero attached hydrogens (tertiary/aromatic N) is 10. The predicted octanol–water partition coefficient (Wildman–Crippen LogP) is 18.9. The van der Waals surface area contributed by atoms with Crippen molar-refractivity contribution < 1.29 is 125 Å². The molecule has 0 fully saturated rings. The fourth-order valence-corrected chi connectivity index (χ4v) is 20.9. The van der Waals surface area contributed by atoms with Crippen LogP contribution >= 0.6 is 43.6 Å². The summed E-state index contributed by atoms with van der Waals surface area (Å²) in [6.07, 6.45) is 17.8. The number of benzene rings is 8. The van der Waals surface area contributed by atoms with Crippen molar-refractivity contribution in [2.75, 3.05) is 86.8 Å². The molecule has 2 unspecified atom stereocenters. The highest BCUT2D eigenvalue weighted by Crippen LogP contribution is 2.49. The third-order valence-corrected chi connectivity index (χ3v) is 31.7. The van der Waals surface area contributed by atoms with Crippen LogP contribution in [0.15, 0.2) is 224 Å². The summed E-state index contributed by atoms with van der Waals surface area (Å²) >= 11 is 8.64. The topological polar surface area (TPSA) is 512 Å². The molecule has 143 heavy (non-hydrogen) atoms. The Kier molecular flexibility index (Phi) is 38.0. The first-order valence-electron chi connectivity index (χ1n) is 46.2. The van der Waals surface area contributed by atoms with Crippen LogP contribution in [0.5, 0.6) is 11.5 Å². The SMILES string of the molecule is CCC(/C=C1\Oc2cc3ccccc3cc2N1CCCC(C)S(=O)(=O)O)=C\c1oc2ccc3ccccc3c2[n+]1CCCC(C)S(=O)(=O)O.CCC(/C=C1\Oc2ccc(Br)cc2N1CCCCS(=O)(=O)O)=C\c1oc2ccc(Br)cc2[n+]1CCCCS(=O)(=O)O.CCC(/C=C1\Sc2cc(C)c(C)cc2N1CCCCS(=O)(=O)O)=C\c1oc2ccccc2[n+]1CCS(=O)(=O)O.CCN(C)c1nc(NO)nc(NO)n1. The molecule has 0 spiro atoms. The number of anilines is 6. The van der Waals surface area contributed by atoms with E-state index in [1.807, 2.05) is 200 Å². The van der Waals surface area contributed by atoms with Crippen molar-refractivity contribution in [2.45, 2.75) is 174 Å². The van der Waals surface area contributed by atoms with Gasteiger partial charge in [-0.25, -0.2) is 11.0 Å². The zero-order valence-corrected chi connectivity index (χ0v) is 88.9. The molecule has 7 heterocycles. The number of unbranched alkanes of at least 4 members (excludes halogenated alkanes) is 3. The lowest BCUT2D eigenvalue weighted by Gasteiger charge is -2.21. The Bertz CT molecular complexity index is 7590. The number of hydrogen-bond donors (Lipinski definition) is 10. The van der Waals surface area contributed by atoms with Crippen LogP contribution in [0, 0.1) is 13.8 Å². The van der Waals surface area contributed by atoms with Gasteiger partial charge in [0.2, 0.25) is 34.5 Å². The normalized spacial score (nSPS) is 15.0. The highest BCUT2D eigenvalue weighted by molar-refractivity contribution is 9.10. The Labute approximate surface area is 852 Å². The molecule has 2 atom stereocenters. The molecule has 46 heteroatoms. The van der Waals surface area contributed by atoms with Gasteiger partial charge in [-0.05, 0) is 228 Å². The maximum atomic E-state index is 11.7. The molecule has 3 aliphatic heterocycles. The lowest BCUT2D eigenvalue weighted by atomic mass is 10.1. The molecule has 4 aromatic heterocycles. The number of rotatable bonds is 41. The van der Waals surface area contributed by atoms with Crippen LogP contribution in [0.25, 0.3) is 73.1 Å². The number of aryl methyl sites for hydroxylation is 5. The van der Waals surface area contributed by atoms with Crippen molar-refractivity contribution in [3.8, 4) is 11.5 Å². The number of thioether (sulfide) groups is 1. The monoisotopic (exact) mass is 2230 g/mol. The molecule has 768 valence electrons. The van der Waals surface area contributed by atoms with Gasteiger partial charge in [-0.2, -0.15) is 79.2 Å². The average molecular weight is 2240 g/mol. The second-order valence-electron chi connectivity index (χ2n) is 34.3. The molecular formula is C97H117Br2N12O25S7+3. The molecule has 12 aromatic rings. The molecule has 10 N–H and O–H groups in total. The zero-order chi connectivity index (χ0) is 104. The van der Waals surface area contributed by atoms with E-state index in [-0.39, 0.29) is 48.5 Å². The summed E-state index contributed by atoms with van der Waals surface area (Å²) in [4.78, 5) is 20.4. The summed E-state index contributed by atoms with van der Waals surface area (Å²) in [5.41, 5.74) is 15.9. The molecule has 0 aliphatic carbocycles. The Morgan fingerprint density at radius 3 is 1.49 bits per heavy atom. The van der Waals surface area contributed by atoms with Crippen molar-refractivity contribution in [3.05, 3.63) is 235 Å². The number of ether oxygens (including phenoxy) is 2. The van der Waals surface area contributed by atoms with E-state index in [0.717, 1.165) is 96.3 Å². The molecule has 0 saturated heterocycles. The van der Waals surface area contributed by atoms with Gasteiger partial charge in [0.05, 0.1) is 73.5 Å². The maximum Gasteiger partial charge on any atom is 0.374 e. The van der Waals surface area contributed by atoms with E-state index < -0.39 is 77.0 Å². The van der Waals surface area contributed by atoms with E-state index in [9.17, 15) is 64.2 Å². The number of para-hydroxylation sites is 2. The maximum absolute atomic E-state index is 11.7. The average Bonchev–Trinajstić information content (AvgIpc) is 1.62. The van der Waals surface area contributed by atoms with Gasteiger partial charge in [-0.15, -0.1) is 0 Å². The molecule has 3 aliphatic rings. The van der Waals surface area contributed by atoms with Crippen molar-refractivity contribution >= 4 is 212 Å². The number of nitrogens with one attached hydrogen (secondary N) is 2. The standard InChI is InChI=1S/C37H40N2O8S2.C27H30Br2N2O8S2.C27H32N2O7S3.C6H12N6O2/c1-4-27(21-35-38(19-9-11-25(2)48(40,41)42)32-23-29-14-5-6-15-30(29)24-34(32)47-35)22-36-39(20-10-12-26(3)49(43,44)45)37-31-16-8-7-13-28(31)17-18-33(37)46-36;1-2-19(15-26-30(11-3-5-13-40(32,33)34)22-17-20(28)7-9-24(22)38-26)16-27-31(12-4-6-14-41(35,36)37)23-18-21(29)8-10-25(23)39-27;1-4-21(17-26-28(12-14-39(33,34)35)22-9-5-6-10-24(22)36-26)18-27-29(11-7-8-13-38(30,31)32)23-15-19(2)20(3)16-25(23)37-27;1-3-12(2)6-8-4(10-13)7-5(9-6)11-14/h5-8,13-18,21-26H,4,9-12,19-20H2,1-3H3,(H-,40,41,42,43,44,45);7-10,15-18H,2-6,11-14H2,1H3,(H-,32,33,34,35,36,37);5-6,9-10,15-18H,4,7-8,11-14H2,1-3H3,(H-,30,31,32,33,34,35);13-14H,3H2,1-2H3,(H2,7,8,9,10,11)/p+3. The van der Waals surface area contributed by atoms with E-state index >= 15 is 0 Å². The fraction of sp³-hybridized carbons (Fsp3) is 0.361. The summed E-state index contributed by atoms with van der Waals surface area (Å²) in [6.45, 7) is 18.3. The quantitative estimate of drug-likeness (QED) is 0.00736. The first-order chi connectivity index (χ1) is 67.7. The predicted molar refractivity (Wildman–Crippen MR) is 560 cm³/mol. The van der Waals surface area contributed by atoms with Gasteiger partial charge in [-0.1, -0.05) is 125 Å². The molecular weight excluding hydrogens is 2120 g/mol. The van der Waals surface area contributed by atoms with Gasteiger partial charge in [-0.3, -0.25) is 37.7 Å². The lowest BCUT2D eigenvalue weighted by Crippen LogP contribution is -2.38. The van der Waals surface area contributed by atoms with Gasteiger partial charge < -0.3 is 42.3 Å². The van der Waals surface area contributed by atoms with E-state index in [4.69, 9.17) is 46.8 Å². The number of hydrogen-bond acceptors (Lipinski definition) is 29. The number of aromatic nitrogens is 6. The van der Waals surface area contributed by atoms with Crippen LogP contribution in [0.3, 0.4) is 0 Å². The Morgan fingerprint density at radius 1 is 0.455 bits per heavy atom. The lowest BCUT2D eigenvalue weighted by molar-refractivity contribution is -0.678. The van der Waals surface area contributed by atoms with Gasteiger partial charge in [0.15, 0.2) is 31.1 Å². The largest absolute Gasteiger partial charge is 0.439 e. The zero-order valence-electron chi connectivity index (χ0n) is 80.0. The number of allylic oxidation sites excluding steroid dienone is 6. The van der Waals surface area contributed by atoms with E-state index in [0.29, 0.717) is 174 Å². The summed E-state index contributed by atoms with van der Waals surface area (Å²) < 4.78 is 231. The van der Waals surface area contributed by atoms with Crippen molar-refractivity contribution in [1.29, 1.82) is 0 Å². The minimum absolute atomic E-state index is 0.0353. The molecule has 8 aromatic carbocycles. The van der Waals surface area contributed by atoms with Gasteiger partial charge >= 0.3 is 17.7 Å². The van der Waals surface area contributed by atoms with Crippen LogP contribution in [0.2, 0.25) is 0 Å². The van der Waals surface area contributed by atoms with E-state index in [2.05, 4.69) is 94.4 Å². The second kappa shape index (κ2) is 49.0. The number of fused-ring (bicyclic) bond motifs is 9. The van der Waals surface area contributed by atoms with Gasteiger partial charge in [0.25, 0.3) is 89.2 Å². The third kappa shape index (κ3) is 30.7. The summed E-state index contributed by atoms with van der Waals surface area (Å²) in [6, 6.07) is 47.0. The molecule has 0 radical (unpaired) electrons. The van der Waals surface area contributed by atoms with Crippen molar-refractivity contribution in [2.24, 2.45) is 0 Å². The molecule has 0 bridgehead atoms. The van der Waals surface area contributed by atoms with Crippen molar-refractivity contribution in [1.82, 2.24) is 15.0 Å². The molecule has 0 amide bonds. The van der Waals surface area contributed by atoms with E-state index in [1.54, 1.807) is 39.2 Å². The van der Waals surface area contributed by atoms with Crippen LogP contribution in [0.1, 0.15) is 154 Å². The Hall–Kier alpha value is -10.8. The van der Waals surface area contributed by atoms with E-state index in [1.165, 1.54) is 19.4 Å². The highest BCUT2D eigenvalue weighted by Gasteiger charge is 2.35. The van der Waals surface area contributed by atoms with Crippen LogP contribution < -0.4 is 53.7 Å². The summed E-state index contributed by atoms with van der Waals surface area (Å²) in [5.74, 6) is 3.13. The molecule has 37 nitrogen and oxygen atoms in total. The fourth-order valence-electron chi connectivity index (χ4n) is 15.9. The van der Waals surface area contributed by atoms with Gasteiger partial charge in [0, 0.05) is 84.2 Å². The van der Waals surface area contributed by atoms with Crippen LogP contribution in [0.4, 0.5) is 34.9 Å². The highest BCUT2D eigenvalue weighted by atomic mass is 79.9. The Balaban J connectivity index is 0.000000180. The summed E-state index contributed by atoms with van der Waals surface area (Å²) in [7, 11) is -22.7. The Morgan fingerprint density at radius 2 is 0.916 bits per heavy atom. The number of halogens is 2. The van der Waals surface area contributed by atoms with Crippen LogP contribution in [-0.2, 0) is 80.3 Å². The molecule has 0 saturated carbocycles. The summed E-state index contributed by atoms with van der Waals surface area (Å²) in [5, 5.41) is 20.6. The van der Waals surface area contributed by atoms with Gasteiger partial charge in [0.1, 0.15) is 5.75 Å². The first kappa shape index (κ1) is 111. The first-order valence-corrected chi connectivity index (χ1v) is 58.0. The number of oxazole rings is 3. The van der Waals surface area contributed by atoms with Crippen LogP contribution in [-0.4, -0.2) is 170 Å². The second-order valence-corrected chi connectivity index (χ2v) is 47.2. The van der Waals surface area contributed by atoms with Crippen molar-refractivity contribution in [3.63, 3.8) is 0 Å².